The van der Waals surface area contributed by atoms with Crippen LogP contribution in [-0.2, 0) is 0 Å². The van der Waals surface area contributed by atoms with Gasteiger partial charge in [-0.3, -0.25) is 4.79 Å². The van der Waals surface area contributed by atoms with E-state index in [2.05, 4.69) is 10.1 Å². The predicted molar refractivity (Wildman–Crippen MR) is 129 cm³/mol. The van der Waals surface area contributed by atoms with Crippen LogP contribution in [0.3, 0.4) is 0 Å². The van der Waals surface area contributed by atoms with Gasteiger partial charge >= 0.3 is 0 Å². The molecule has 5 rings (SSSR count). The minimum Gasteiger partial charge on any atom is -0.455 e. The third kappa shape index (κ3) is 3.84. The van der Waals surface area contributed by atoms with Gasteiger partial charge in [0.15, 0.2) is 5.82 Å². The molecule has 0 aliphatic carbocycles. The van der Waals surface area contributed by atoms with E-state index in [-0.39, 0.29) is 5.56 Å². The fourth-order valence-corrected chi connectivity index (χ4v) is 3.64. The number of hydrogen-bond donors (Lipinski definition) is 0. The van der Waals surface area contributed by atoms with Crippen molar-refractivity contribution in [2.75, 3.05) is 0 Å². The standard InChI is InChI=1S/C25H15Cl2N3O2/c26-20-12-10-17(14-21(20)27)23-13-11-18(32-23)15-28-30-24(16-6-2-1-3-7-16)29-22-9-5-4-8-19(22)25(30)31/h1-15H. The summed E-state index contributed by atoms with van der Waals surface area (Å²) in [5, 5.41) is 5.82. The number of benzene rings is 3. The Morgan fingerprint density at radius 1 is 0.844 bits per heavy atom. The van der Waals surface area contributed by atoms with E-state index < -0.39 is 0 Å². The molecule has 0 bridgehead atoms. The van der Waals surface area contributed by atoms with Crippen molar-refractivity contribution in [3.63, 3.8) is 0 Å². The molecule has 3 aromatic carbocycles. The molecule has 0 unspecified atom stereocenters. The highest BCUT2D eigenvalue weighted by molar-refractivity contribution is 6.42. The number of halogens is 2. The van der Waals surface area contributed by atoms with Crippen molar-refractivity contribution in [2.24, 2.45) is 5.10 Å². The van der Waals surface area contributed by atoms with Gasteiger partial charge in [0.25, 0.3) is 5.56 Å². The van der Waals surface area contributed by atoms with Crippen LogP contribution in [0.4, 0.5) is 0 Å². The Morgan fingerprint density at radius 3 is 2.44 bits per heavy atom. The summed E-state index contributed by atoms with van der Waals surface area (Å²) in [5.41, 5.74) is 1.92. The van der Waals surface area contributed by atoms with E-state index in [0.29, 0.717) is 38.3 Å². The molecule has 5 nitrogen and oxygen atoms in total. The monoisotopic (exact) mass is 459 g/mol. The van der Waals surface area contributed by atoms with Gasteiger partial charge in [-0.05, 0) is 42.5 Å². The second-order valence-electron chi connectivity index (χ2n) is 7.01. The average molecular weight is 460 g/mol. The molecule has 0 spiro atoms. The van der Waals surface area contributed by atoms with Gasteiger partial charge in [-0.2, -0.15) is 9.78 Å². The first-order chi connectivity index (χ1) is 15.6. The first-order valence-corrected chi connectivity index (χ1v) is 10.5. The van der Waals surface area contributed by atoms with Crippen LogP contribution in [0.25, 0.3) is 33.6 Å². The van der Waals surface area contributed by atoms with Crippen LogP contribution >= 0.6 is 23.2 Å². The van der Waals surface area contributed by atoms with Gasteiger partial charge in [0.05, 0.1) is 27.2 Å². The minimum atomic E-state index is -0.262. The predicted octanol–water partition coefficient (Wildman–Crippen LogP) is 6.51. The molecule has 7 heteroatoms. The maximum atomic E-state index is 13.2. The van der Waals surface area contributed by atoms with E-state index in [1.54, 1.807) is 36.4 Å². The van der Waals surface area contributed by atoms with E-state index >= 15 is 0 Å². The number of para-hydroxylation sites is 1. The van der Waals surface area contributed by atoms with Crippen molar-refractivity contribution in [1.29, 1.82) is 0 Å². The largest absolute Gasteiger partial charge is 0.455 e. The number of fused-ring (bicyclic) bond motifs is 1. The summed E-state index contributed by atoms with van der Waals surface area (Å²) in [4.78, 5) is 17.9. The second-order valence-corrected chi connectivity index (χ2v) is 7.83. The fraction of sp³-hybridized carbons (Fsp3) is 0. The van der Waals surface area contributed by atoms with Gasteiger partial charge in [0, 0.05) is 11.1 Å². The Morgan fingerprint density at radius 2 is 1.62 bits per heavy atom. The maximum absolute atomic E-state index is 13.2. The molecule has 0 amide bonds. The van der Waals surface area contributed by atoms with Gasteiger partial charge in [0.1, 0.15) is 11.5 Å². The summed E-state index contributed by atoms with van der Waals surface area (Å²) in [6.45, 7) is 0. The summed E-state index contributed by atoms with van der Waals surface area (Å²) in [6, 6.07) is 25.5. The average Bonchev–Trinajstić information content (AvgIpc) is 3.30. The second kappa shape index (κ2) is 8.46. The lowest BCUT2D eigenvalue weighted by atomic mass is 10.2. The molecule has 2 aromatic heterocycles. The quantitative estimate of drug-likeness (QED) is 0.287. The van der Waals surface area contributed by atoms with Gasteiger partial charge in [-0.15, -0.1) is 0 Å². The van der Waals surface area contributed by atoms with Crippen LogP contribution in [0.2, 0.25) is 10.0 Å². The lowest BCUT2D eigenvalue weighted by Crippen LogP contribution is -2.20. The molecule has 0 N–H and O–H groups in total. The Kier molecular flexibility index (Phi) is 5.35. The van der Waals surface area contributed by atoms with Gasteiger partial charge in [-0.25, -0.2) is 4.98 Å². The number of nitrogens with zero attached hydrogens (tertiary/aromatic N) is 3. The van der Waals surface area contributed by atoms with Crippen molar-refractivity contribution in [2.45, 2.75) is 0 Å². The third-order valence-corrected chi connectivity index (χ3v) is 5.66. The van der Waals surface area contributed by atoms with Crippen molar-refractivity contribution >= 4 is 40.3 Å². The molecule has 5 aromatic rings. The van der Waals surface area contributed by atoms with E-state index in [4.69, 9.17) is 27.6 Å². The molecule has 0 radical (unpaired) electrons. The molecule has 0 aliphatic heterocycles. The smallest absolute Gasteiger partial charge is 0.282 e. The maximum Gasteiger partial charge on any atom is 0.282 e. The molecule has 0 aliphatic rings. The van der Waals surface area contributed by atoms with E-state index in [9.17, 15) is 4.79 Å². The first-order valence-electron chi connectivity index (χ1n) is 9.77. The van der Waals surface area contributed by atoms with Crippen LogP contribution in [0.1, 0.15) is 5.76 Å². The third-order valence-electron chi connectivity index (χ3n) is 4.92. The molecular formula is C25H15Cl2N3O2. The highest BCUT2D eigenvalue weighted by Gasteiger charge is 2.12. The molecule has 0 saturated carbocycles. The molecule has 0 saturated heterocycles. The van der Waals surface area contributed by atoms with Crippen LogP contribution in [0, 0.1) is 0 Å². The highest BCUT2D eigenvalue weighted by atomic mass is 35.5. The van der Waals surface area contributed by atoms with Crippen LogP contribution in [-0.4, -0.2) is 15.9 Å². The topological polar surface area (TPSA) is 60.4 Å². The fourth-order valence-electron chi connectivity index (χ4n) is 3.35. The molecule has 2 heterocycles. The van der Waals surface area contributed by atoms with Gasteiger partial charge in [-0.1, -0.05) is 65.7 Å². The first kappa shape index (κ1) is 20.2. The Hall–Kier alpha value is -3.67. The minimum absolute atomic E-state index is 0.262. The Labute approximate surface area is 193 Å². The molecule has 156 valence electrons. The molecule has 0 fully saturated rings. The van der Waals surface area contributed by atoms with Gasteiger partial charge < -0.3 is 4.42 Å². The van der Waals surface area contributed by atoms with Crippen molar-refractivity contribution in [3.05, 3.63) is 111 Å². The summed E-state index contributed by atoms with van der Waals surface area (Å²) >= 11 is 12.1. The van der Waals surface area contributed by atoms with Crippen LogP contribution in [0.5, 0.6) is 0 Å². The zero-order valence-corrected chi connectivity index (χ0v) is 18.1. The highest BCUT2D eigenvalue weighted by Crippen LogP contribution is 2.29. The number of aromatic nitrogens is 2. The summed E-state index contributed by atoms with van der Waals surface area (Å²) in [6.07, 6.45) is 1.49. The van der Waals surface area contributed by atoms with Gasteiger partial charge in [0.2, 0.25) is 0 Å². The molecular weight excluding hydrogens is 445 g/mol. The SMILES string of the molecule is O=c1c2ccccc2nc(-c2ccccc2)n1N=Cc1ccc(-c2ccc(Cl)c(Cl)c2)o1. The van der Waals surface area contributed by atoms with Crippen molar-refractivity contribution < 1.29 is 4.42 Å². The lowest BCUT2D eigenvalue weighted by Gasteiger charge is -2.09. The Bertz CT molecular complexity index is 1520. The summed E-state index contributed by atoms with van der Waals surface area (Å²) < 4.78 is 7.16. The van der Waals surface area contributed by atoms with Crippen molar-refractivity contribution in [1.82, 2.24) is 9.66 Å². The van der Waals surface area contributed by atoms with E-state index in [1.807, 2.05) is 48.5 Å². The molecule has 32 heavy (non-hydrogen) atoms. The summed E-state index contributed by atoms with van der Waals surface area (Å²) in [5.74, 6) is 1.53. The number of rotatable bonds is 4. The zero-order valence-electron chi connectivity index (χ0n) is 16.6. The Balaban J connectivity index is 1.58. The molecule has 0 atom stereocenters. The van der Waals surface area contributed by atoms with Crippen molar-refractivity contribution in [3.8, 4) is 22.7 Å². The summed E-state index contributed by atoms with van der Waals surface area (Å²) in [7, 11) is 0. The lowest BCUT2D eigenvalue weighted by molar-refractivity contribution is 0.574. The van der Waals surface area contributed by atoms with Crippen LogP contribution < -0.4 is 5.56 Å². The number of furan rings is 1. The normalized spacial score (nSPS) is 11.4. The van der Waals surface area contributed by atoms with E-state index in [1.165, 1.54) is 10.9 Å². The van der Waals surface area contributed by atoms with Crippen LogP contribution in [0.15, 0.2) is 99.2 Å². The van der Waals surface area contributed by atoms with E-state index in [0.717, 1.165) is 11.1 Å². The number of hydrogen-bond acceptors (Lipinski definition) is 4. The zero-order chi connectivity index (χ0) is 22.1.